The smallest absolute Gasteiger partial charge is 0.186 e. The molecule has 0 N–H and O–H groups in total. The summed E-state index contributed by atoms with van der Waals surface area (Å²) in [6, 6.07) is 21.0. The number of rotatable bonds is 4. The molecular formula is C20H19O2S+. The van der Waals surface area contributed by atoms with Gasteiger partial charge in [0.15, 0.2) is 5.43 Å². The molecule has 1 heterocycles. The van der Waals surface area contributed by atoms with Crippen LogP contribution in [0.3, 0.4) is 0 Å². The van der Waals surface area contributed by atoms with E-state index in [2.05, 4.69) is 24.6 Å². The molecule has 2 aromatic carbocycles. The first-order valence-corrected chi connectivity index (χ1v) is 9.67. The second-order valence-corrected chi connectivity index (χ2v) is 7.97. The fraction of sp³-hybridized carbons (Fsp3) is 0.150. The molecule has 0 amide bonds. The second-order valence-electron chi connectivity index (χ2n) is 5.71. The van der Waals surface area contributed by atoms with Crippen molar-refractivity contribution < 1.29 is 4.42 Å². The van der Waals surface area contributed by atoms with Gasteiger partial charge < -0.3 is 4.42 Å². The fourth-order valence-corrected chi connectivity index (χ4v) is 3.32. The largest absolute Gasteiger partial charge is 0.456 e. The van der Waals surface area contributed by atoms with Crippen LogP contribution >= 0.6 is 0 Å². The quantitative estimate of drug-likeness (QED) is 0.668. The summed E-state index contributed by atoms with van der Waals surface area (Å²) in [6.45, 7) is 0. The van der Waals surface area contributed by atoms with Crippen LogP contribution in [0.5, 0.6) is 0 Å². The van der Waals surface area contributed by atoms with Gasteiger partial charge in [-0.1, -0.05) is 54.6 Å². The van der Waals surface area contributed by atoms with Crippen LogP contribution in [0.2, 0.25) is 0 Å². The van der Waals surface area contributed by atoms with E-state index in [1.807, 2.05) is 42.5 Å². The third-order valence-corrected chi connectivity index (χ3v) is 4.43. The molecule has 3 heteroatoms. The average Bonchev–Trinajstić information content (AvgIpc) is 2.55. The van der Waals surface area contributed by atoms with E-state index < -0.39 is 0 Å². The van der Waals surface area contributed by atoms with Crippen molar-refractivity contribution >= 4 is 10.9 Å². The summed E-state index contributed by atoms with van der Waals surface area (Å²) in [7, 11) is 0.377. The molecule has 3 aromatic rings. The Balaban J connectivity index is 1.97. The minimum atomic E-state index is -0.0437. The van der Waals surface area contributed by atoms with Crippen LogP contribution in [0.1, 0.15) is 5.56 Å². The lowest BCUT2D eigenvalue weighted by Crippen LogP contribution is -2.00. The van der Waals surface area contributed by atoms with Crippen molar-refractivity contribution in [3.63, 3.8) is 0 Å². The van der Waals surface area contributed by atoms with Crippen molar-refractivity contribution in [3.05, 3.63) is 82.5 Å². The predicted octanol–water partition coefficient (Wildman–Crippen LogP) is 4.35. The lowest BCUT2D eigenvalue weighted by molar-refractivity contribution is 0.580. The van der Waals surface area contributed by atoms with Crippen LogP contribution in [-0.4, -0.2) is 12.5 Å². The molecule has 0 atom stereocenters. The Hall–Kier alpha value is -2.26. The zero-order valence-electron chi connectivity index (χ0n) is 13.3. The molecule has 0 saturated heterocycles. The standard InChI is InChI=1S/C20H19O2S/c1-23(2)14-15-8-10-17(11-9-15)20-13-18(21)12-19(22-20)16-6-4-3-5-7-16/h3-13H,14H2,1-2H3/q+1. The summed E-state index contributed by atoms with van der Waals surface area (Å²) in [5, 5.41) is 0. The number of benzene rings is 2. The van der Waals surface area contributed by atoms with Crippen LogP contribution in [0.4, 0.5) is 0 Å². The van der Waals surface area contributed by atoms with Gasteiger partial charge in [-0.25, -0.2) is 0 Å². The topological polar surface area (TPSA) is 30.2 Å². The SMILES string of the molecule is C[S+](C)Cc1ccc(-c2cc(=O)cc(-c3ccccc3)o2)cc1. The van der Waals surface area contributed by atoms with Crippen LogP contribution in [0, 0.1) is 0 Å². The molecule has 1 aromatic heterocycles. The molecule has 23 heavy (non-hydrogen) atoms. The van der Waals surface area contributed by atoms with Gasteiger partial charge in [0.2, 0.25) is 0 Å². The number of hydrogen-bond acceptors (Lipinski definition) is 2. The highest BCUT2D eigenvalue weighted by atomic mass is 32.2. The van der Waals surface area contributed by atoms with E-state index in [0.717, 1.165) is 16.9 Å². The van der Waals surface area contributed by atoms with E-state index in [1.165, 1.54) is 11.6 Å². The van der Waals surface area contributed by atoms with Crippen LogP contribution in [0.25, 0.3) is 22.6 Å². The Kier molecular flexibility index (Phi) is 4.68. The van der Waals surface area contributed by atoms with Gasteiger partial charge >= 0.3 is 0 Å². The first-order chi connectivity index (χ1) is 11.1. The molecule has 2 nitrogen and oxygen atoms in total. The van der Waals surface area contributed by atoms with Crippen molar-refractivity contribution in [2.24, 2.45) is 0 Å². The van der Waals surface area contributed by atoms with Crippen molar-refractivity contribution in [3.8, 4) is 22.6 Å². The zero-order chi connectivity index (χ0) is 16.2. The van der Waals surface area contributed by atoms with Crippen molar-refractivity contribution in [2.45, 2.75) is 5.75 Å². The highest BCUT2D eigenvalue weighted by Crippen LogP contribution is 2.25. The Morgan fingerprint density at radius 2 is 1.39 bits per heavy atom. The van der Waals surface area contributed by atoms with Crippen LogP contribution < -0.4 is 5.43 Å². The third kappa shape index (κ3) is 3.93. The van der Waals surface area contributed by atoms with Gasteiger partial charge in [-0.3, -0.25) is 4.79 Å². The minimum Gasteiger partial charge on any atom is -0.456 e. The lowest BCUT2D eigenvalue weighted by Gasteiger charge is -2.06. The summed E-state index contributed by atoms with van der Waals surface area (Å²) in [5.74, 6) is 2.28. The molecule has 0 bridgehead atoms. The van der Waals surface area contributed by atoms with Gasteiger partial charge in [-0.05, 0) is 10.9 Å². The van der Waals surface area contributed by atoms with E-state index in [0.29, 0.717) is 22.4 Å². The molecule has 0 unspecified atom stereocenters. The Labute approximate surface area is 139 Å². The van der Waals surface area contributed by atoms with Gasteiger partial charge in [0, 0.05) is 28.8 Å². The molecule has 0 aliphatic rings. The molecule has 0 saturated carbocycles. The molecule has 0 aliphatic carbocycles. The van der Waals surface area contributed by atoms with Gasteiger partial charge in [0.05, 0.1) is 12.5 Å². The van der Waals surface area contributed by atoms with Gasteiger partial charge in [0.1, 0.15) is 17.3 Å². The summed E-state index contributed by atoms with van der Waals surface area (Å²) < 4.78 is 5.95. The first-order valence-electron chi connectivity index (χ1n) is 7.46. The summed E-state index contributed by atoms with van der Waals surface area (Å²) in [4.78, 5) is 12.0. The van der Waals surface area contributed by atoms with Gasteiger partial charge in [-0.2, -0.15) is 0 Å². The highest BCUT2D eigenvalue weighted by molar-refractivity contribution is 7.94. The summed E-state index contributed by atoms with van der Waals surface area (Å²) >= 11 is 0. The maximum Gasteiger partial charge on any atom is 0.186 e. The van der Waals surface area contributed by atoms with Gasteiger partial charge in [-0.15, -0.1) is 0 Å². The molecule has 3 rings (SSSR count). The predicted molar refractivity (Wildman–Crippen MR) is 98.8 cm³/mol. The van der Waals surface area contributed by atoms with Crippen LogP contribution in [-0.2, 0) is 16.6 Å². The average molecular weight is 323 g/mol. The van der Waals surface area contributed by atoms with E-state index in [9.17, 15) is 4.79 Å². The van der Waals surface area contributed by atoms with E-state index in [1.54, 1.807) is 6.07 Å². The molecule has 0 fully saturated rings. The fourth-order valence-electron chi connectivity index (χ4n) is 2.46. The molecular weight excluding hydrogens is 304 g/mol. The first kappa shape index (κ1) is 15.6. The van der Waals surface area contributed by atoms with Gasteiger partial charge in [0.25, 0.3) is 0 Å². The third-order valence-electron chi connectivity index (χ3n) is 3.52. The van der Waals surface area contributed by atoms with Crippen molar-refractivity contribution in [1.29, 1.82) is 0 Å². The minimum absolute atomic E-state index is 0.0437. The Morgan fingerprint density at radius 3 is 1.96 bits per heavy atom. The van der Waals surface area contributed by atoms with Crippen molar-refractivity contribution in [1.82, 2.24) is 0 Å². The highest BCUT2D eigenvalue weighted by Gasteiger charge is 2.09. The maximum atomic E-state index is 12.0. The lowest BCUT2D eigenvalue weighted by atomic mass is 10.1. The molecule has 116 valence electrons. The van der Waals surface area contributed by atoms with Crippen molar-refractivity contribution in [2.75, 3.05) is 12.5 Å². The van der Waals surface area contributed by atoms with Crippen LogP contribution in [0.15, 0.2) is 75.9 Å². The maximum absolute atomic E-state index is 12.0. The Morgan fingerprint density at radius 1 is 0.826 bits per heavy atom. The van der Waals surface area contributed by atoms with E-state index >= 15 is 0 Å². The zero-order valence-corrected chi connectivity index (χ0v) is 14.1. The summed E-state index contributed by atoms with van der Waals surface area (Å²) in [5.41, 5.74) is 3.10. The second kappa shape index (κ2) is 6.88. The molecule has 0 aliphatic heterocycles. The molecule has 0 radical (unpaired) electrons. The summed E-state index contributed by atoms with van der Waals surface area (Å²) in [6.07, 6.45) is 4.46. The number of hydrogen-bond donors (Lipinski definition) is 0. The van der Waals surface area contributed by atoms with E-state index in [4.69, 9.17) is 4.42 Å². The molecule has 0 spiro atoms. The normalized spacial score (nSPS) is 10.9. The monoisotopic (exact) mass is 323 g/mol. The Bertz CT molecular complexity index is 834. The van der Waals surface area contributed by atoms with E-state index in [-0.39, 0.29) is 5.43 Å².